The summed E-state index contributed by atoms with van der Waals surface area (Å²) in [6.45, 7) is 4.55. The van der Waals surface area contributed by atoms with Crippen LogP contribution in [0.4, 0.5) is 5.82 Å². The van der Waals surface area contributed by atoms with Crippen LogP contribution in [0, 0.1) is 11.8 Å². The van der Waals surface area contributed by atoms with Crippen LogP contribution in [-0.4, -0.2) is 56.1 Å². The molecule has 0 bridgehead atoms. The van der Waals surface area contributed by atoms with E-state index in [4.69, 9.17) is 0 Å². The van der Waals surface area contributed by atoms with Gasteiger partial charge in [0.05, 0.1) is 5.56 Å². The SMILES string of the molecule is CNC(=O)c1ccc(N2C[C@H]3CN(C)C[C@H]3C2)nc1. The monoisotopic (exact) mass is 260 g/mol. The van der Waals surface area contributed by atoms with Crippen LogP contribution in [0.25, 0.3) is 0 Å². The number of aromatic nitrogens is 1. The molecular formula is C14H20N4O. The van der Waals surface area contributed by atoms with E-state index in [1.54, 1.807) is 13.2 Å². The van der Waals surface area contributed by atoms with Gasteiger partial charge in [-0.15, -0.1) is 0 Å². The van der Waals surface area contributed by atoms with E-state index in [0.717, 1.165) is 30.7 Å². The molecule has 0 radical (unpaired) electrons. The molecule has 0 saturated carbocycles. The summed E-state index contributed by atoms with van der Waals surface area (Å²) in [6.07, 6.45) is 1.66. The molecule has 0 aromatic carbocycles. The quantitative estimate of drug-likeness (QED) is 0.838. The standard InChI is InChI=1S/C14H20N4O/c1-15-14(19)10-3-4-13(16-5-10)18-8-11-6-17(2)7-12(11)9-18/h3-5,11-12H,6-9H2,1-2H3,(H,15,19)/t11-,12+. The highest BCUT2D eigenvalue weighted by atomic mass is 16.1. The minimum Gasteiger partial charge on any atom is -0.356 e. The molecule has 2 saturated heterocycles. The minimum absolute atomic E-state index is 0.0843. The fourth-order valence-corrected chi connectivity index (χ4v) is 3.27. The Bertz CT molecular complexity index is 459. The Morgan fingerprint density at radius 3 is 2.47 bits per heavy atom. The van der Waals surface area contributed by atoms with Crippen molar-refractivity contribution in [3.05, 3.63) is 23.9 Å². The third-order valence-corrected chi connectivity index (χ3v) is 4.23. The summed E-state index contributed by atoms with van der Waals surface area (Å²) in [5.41, 5.74) is 0.616. The average molecular weight is 260 g/mol. The van der Waals surface area contributed by atoms with Crippen molar-refractivity contribution in [1.82, 2.24) is 15.2 Å². The molecule has 0 aliphatic carbocycles. The molecule has 2 atom stereocenters. The number of hydrogen-bond donors (Lipinski definition) is 1. The van der Waals surface area contributed by atoms with Crippen molar-refractivity contribution in [3.8, 4) is 0 Å². The molecule has 0 spiro atoms. The summed E-state index contributed by atoms with van der Waals surface area (Å²) < 4.78 is 0. The molecule has 2 aliphatic heterocycles. The molecule has 1 amide bonds. The molecule has 2 aliphatic rings. The molecule has 3 heterocycles. The number of nitrogens with zero attached hydrogens (tertiary/aromatic N) is 3. The summed E-state index contributed by atoms with van der Waals surface area (Å²) >= 11 is 0. The number of rotatable bonds is 2. The van der Waals surface area contributed by atoms with E-state index in [0.29, 0.717) is 5.56 Å². The third-order valence-electron chi connectivity index (χ3n) is 4.23. The molecule has 5 heteroatoms. The highest BCUT2D eigenvalue weighted by Gasteiger charge is 2.38. The smallest absolute Gasteiger partial charge is 0.252 e. The van der Waals surface area contributed by atoms with E-state index in [1.165, 1.54) is 13.1 Å². The summed E-state index contributed by atoms with van der Waals surface area (Å²) in [5, 5.41) is 2.61. The molecular weight excluding hydrogens is 240 g/mol. The fraction of sp³-hybridized carbons (Fsp3) is 0.571. The molecule has 1 N–H and O–H groups in total. The van der Waals surface area contributed by atoms with Gasteiger partial charge in [-0.05, 0) is 31.0 Å². The molecule has 19 heavy (non-hydrogen) atoms. The Morgan fingerprint density at radius 2 is 1.95 bits per heavy atom. The number of likely N-dealkylation sites (tertiary alicyclic amines) is 1. The number of carbonyl (C=O) groups excluding carboxylic acids is 1. The molecule has 1 aromatic heterocycles. The highest BCUT2D eigenvalue weighted by molar-refractivity contribution is 5.93. The largest absolute Gasteiger partial charge is 0.356 e. The van der Waals surface area contributed by atoms with Crippen molar-refractivity contribution >= 4 is 11.7 Å². The van der Waals surface area contributed by atoms with E-state index >= 15 is 0 Å². The molecule has 102 valence electrons. The van der Waals surface area contributed by atoms with Gasteiger partial charge in [0.25, 0.3) is 5.91 Å². The molecule has 2 fully saturated rings. The van der Waals surface area contributed by atoms with Crippen LogP contribution in [0.15, 0.2) is 18.3 Å². The van der Waals surface area contributed by atoms with Gasteiger partial charge in [-0.2, -0.15) is 0 Å². The first kappa shape index (κ1) is 12.4. The topological polar surface area (TPSA) is 48.5 Å². The summed E-state index contributed by atoms with van der Waals surface area (Å²) in [6, 6.07) is 3.80. The number of amides is 1. The van der Waals surface area contributed by atoms with Crippen LogP contribution < -0.4 is 10.2 Å². The average Bonchev–Trinajstić information content (AvgIpc) is 2.95. The van der Waals surface area contributed by atoms with Crippen molar-refractivity contribution in [3.63, 3.8) is 0 Å². The number of fused-ring (bicyclic) bond motifs is 1. The number of carbonyl (C=O) groups is 1. The maximum atomic E-state index is 11.5. The van der Waals surface area contributed by atoms with Crippen molar-refractivity contribution in [2.45, 2.75) is 0 Å². The number of hydrogen-bond acceptors (Lipinski definition) is 4. The highest BCUT2D eigenvalue weighted by Crippen LogP contribution is 2.32. The maximum absolute atomic E-state index is 11.5. The number of pyridine rings is 1. The third kappa shape index (κ3) is 2.30. The molecule has 3 rings (SSSR count). The van der Waals surface area contributed by atoms with Gasteiger partial charge in [0.2, 0.25) is 0 Å². The van der Waals surface area contributed by atoms with Gasteiger partial charge in [-0.25, -0.2) is 4.98 Å². The molecule has 5 nitrogen and oxygen atoms in total. The van der Waals surface area contributed by atoms with Crippen LogP contribution in [0.2, 0.25) is 0 Å². The lowest BCUT2D eigenvalue weighted by Crippen LogP contribution is -2.27. The van der Waals surface area contributed by atoms with Gasteiger partial charge in [-0.1, -0.05) is 0 Å². The Hall–Kier alpha value is -1.62. The lowest BCUT2D eigenvalue weighted by Gasteiger charge is -2.20. The predicted octanol–water partition coefficient (Wildman–Crippen LogP) is 0.439. The normalized spacial score (nSPS) is 26.5. The van der Waals surface area contributed by atoms with Gasteiger partial charge in [0.1, 0.15) is 5.82 Å². The van der Waals surface area contributed by atoms with Crippen molar-refractivity contribution in [1.29, 1.82) is 0 Å². The van der Waals surface area contributed by atoms with Crippen LogP contribution >= 0.6 is 0 Å². The summed E-state index contributed by atoms with van der Waals surface area (Å²) in [7, 11) is 3.83. The van der Waals surface area contributed by atoms with E-state index in [9.17, 15) is 4.79 Å². The first-order valence-corrected chi connectivity index (χ1v) is 6.79. The molecule has 1 aromatic rings. The lowest BCUT2D eigenvalue weighted by atomic mass is 10.0. The van der Waals surface area contributed by atoms with E-state index in [1.807, 2.05) is 12.1 Å². The van der Waals surface area contributed by atoms with E-state index < -0.39 is 0 Å². The zero-order valence-corrected chi connectivity index (χ0v) is 11.5. The van der Waals surface area contributed by atoms with Crippen LogP contribution in [0.3, 0.4) is 0 Å². The zero-order valence-electron chi connectivity index (χ0n) is 11.5. The predicted molar refractivity (Wildman–Crippen MR) is 74.3 cm³/mol. The maximum Gasteiger partial charge on any atom is 0.252 e. The van der Waals surface area contributed by atoms with E-state index in [-0.39, 0.29) is 5.91 Å². The minimum atomic E-state index is -0.0843. The second kappa shape index (κ2) is 4.81. The van der Waals surface area contributed by atoms with Crippen LogP contribution in [-0.2, 0) is 0 Å². The summed E-state index contributed by atoms with van der Waals surface area (Å²) in [5.74, 6) is 2.44. The van der Waals surface area contributed by atoms with Crippen molar-refractivity contribution < 1.29 is 4.79 Å². The zero-order chi connectivity index (χ0) is 13.4. The van der Waals surface area contributed by atoms with Gasteiger partial charge < -0.3 is 15.1 Å². The lowest BCUT2D eigenvalue weighted by molar-refractivity contribution is 0.0963. The van der Waals surface area contributed by atoms with Crippen LogP contribution in [0.1, 0.15) is 10.4 Å². The van der Waals surface area contributed by atoms with Crippen molar-refractivity contribution in [2.24, 2.45) is 11.8 Å². The summed E-state index contributed by atoms with van der Waals surface area (Å²) in [4.78, 5) is 20.7. The molecule has 0 unspecified atom stereocenters. The Labute approximate surface area is 113 Å². The van der Waals surface area contributed by atoms with E-state index in [2.05, 4.69) is 27.1 Å². The Morgan fingerprint density at radius 1 is 1.26 bits per heavy atom. The first-order chi connectivity index (χ1) is 9.17. The Kier molecular flexibility index (Phi) is 3.14. The van der Waals surface area contributed by atoms with Gasteiger partial charge in [-0.3, -0.25) is 4.79 Å². The van der Waals surface area contributed by atoms with Gasteiger partial charge >= 0.3 is 0 Å². The van der Waals surface area contributed by atoms with Gasteiger partial charge in [0.15, 0.2) is 0 Å². The number of anilines is 1. The first-order valence-electron chi connectivity index (χ1n) is 6.79. The fourth-order valence-electron chi connectivity index (χ4n) is 3.27. The van der Waals surface area contributed by atoms with Crippen molar-refractivity contribution in [2.75, 3.05) is 45.2 Å². The van der Waals surface area contributed by atoms with Gasteiger partial charge in [0, 0.05) is 39.4 Å². The number of nitrogens with one attached hydrogen (secondary N) is 1. The Balaban J connectivity index is 1.69. The second-order valence-electron chi connectivity index (χ2n) is 5.63. The van der Waals surface area contributed by atoms with Crippen LogP contribution in [0.5, 0.6) is 0 Å². The second-order valence-corrected chi connectivity index (χ2v) is 5.63.